The first-order valence-electron chi connectivity index (χ1n) is 6.69. The molecule has 4 nitrogen and oxygen atoms in total. The second kappa shape index (κ2) is 5.13. The van der Waals surface area contributed by atoms with Crippen molar-refractivity contribution < 1.29 is 8.42 Å². The molecule has 1 aliphatic heterocycles. The number of hydrogen-bond acceptors (Lipinski definition) is 3. The number of sulfonamides is 1. The fourth-order valence-corrected chi connectivity index (χ4v) is 3.76. The molecule has 106 valence electrons. The van der Waals surface area contributed by atoms with Crippen LogP contribution in [-0.4, -0.2) is 32.4 Å². The van der Waals surface area contributed by atoms with Gasteiger partial charge >= 0.3 is 0 Å². The molecule has 5 heteroatoms. The molecule has 0 spiro atoms. The smallest absolute Gasteiger partial charge is 0.243 e. The number of nitrogens with zero attached hydrogens (tertiary/aromatic N) is 1. The Balaban J connectivity index is 2.34. The molecule has 1 N–H and O–H groups in total. The SMILES string of the molecule is CC(C)C(C)N(C)S(=O)(=O)c1ccc2c(c1)NCC2. The summed E-state index contributed by atoms with van der Waals surface area (Å²) in [6.07, 6.45) is 0.966. The highest BCUT2D eigenvalue weighted by molar-refractivity contribution is 7.89. The molecular formula is C14H22N2O2S. The van der Waals surface area contributed by atoms with Crippen LogP contribution in [0.5, 0.6) is 0 Å². The molecule has 1 heterocycles. The van der Waals surface area contributed by atoms with E-state index in [2.05, 4.69) is 5.32 Å². The molecular weight excluding hydrogens is 260 g/mol. The number of nitrogens with one attached hydrogen (secondary N) is 1. The molecule has 0 saturated carbocycles. The largest absolute Gasteiger partial charge is 0.384 e. The van der Waals surface area contributed by atoms with Crippen LogP contribution in [0, 0.1) is 5.92 Å². The van der Waals surface area contributed by atoms with Gasteiger partial charge < -0.3 is 5.32 Å². The summed E-state index contributed by atoms with van der Waals surface area (Å²) < 4.78 is 26.6. The number of fused-ring (bicyclic) bond motifs is 1. The van der Waals surface area contributed by atoms with Crippen LogP contribution in [0.3, 0.4) is 0 Å². The molecule has 0 fully saturated rings. The van der Waals surface area contributed by atoms with E-state index in [4.69, 9.17) is 0 Å². The monoisotopic (exact) mass is 282 g/mol. The summed E-state index contributed by atoms with van der Waals surface area (Å²) in [6.45, 7) is 6.88. The first kappa shape index (κ1) is 14.3. The van der Waals surface area contributed by atoms with Gasteiger partial charge in [-0.05, 0) is 37.0 Å². The van der Waals surface area contributed by atoms with Crippen molar-refractivity contribution in [3.8, 4) is 0 Å². The highest BCUT2D eigenvalue weighted by Gasteiger charge is 2.27. The Labute approximate surface area is 115 Å². The van der Waals surface area contributed by atoms with Crippen LogP contribution in [0.15, 0.2) is 23.1 Å². The maximum atomic E-state index is 12.6. The van der Waals surface area contributed by atoms with Gasteiger partial charge in [0.1, 0.15) is 0 Å². The van der Waals surface area contributed by atoms with Crippen LogP contribution in [0.25, 0.3) is 0 Å². The summed E-state index contributed by atoms with van der Waals surface area (Å²) in [7, 11) is -1.76. The molecule has 19 heavy (non-hydrogen) atoms. The van der Waals surface area contributed by atoms with Crippen molar-refractivity contribution in [1.82, 2.24) is 4.31 Å². The lowest BCUT2D eigenvalue weighted by atomic mass is 10.1. The lowest BCUT2D eigenvalue weighted by Crippen LogP contribution is -2.38. The van der Waals surface area contributed by atoms with Crippen molar-refractivity contribution in [3.05, 3.63) is 23.8 Å². The van der Waals surface area contributed by atoms with Crippen molar-refractivity contribution in [2.45, 2.75) is 38.1 Å². The van der Waals surface area contributed by atoms with Crippen molar-refractivity contribution in [3.63, 3.8) is 0 Å². The number of benzene rings is 1. The fraction of sp³-hybridized carbons (Fsp3) is 0.571. The van der Waals surface area contributed by atoms with E-state index in [0.29, 0.717) is 4.90 Å². The summed E-state index contributed by atoms with van der Waals surface area (Å²) in [5.41, 5.74) is 2.14. The van der Waals surface area contributed by atoms with E-state index >= 15 is 0 Å². The molecule has 0 saturated heterocycles. The average Bonchev–Trinajstić information content (AvgIpc) is 2.83. The maximum Gasteiger partial charge on any atom is 0.243 e. The van der Waals surface area contributed by atoms with E-state index in [9.17, 15) is 8.42 Å². The Morgan fingerprint density at radius 1 is 1.26 bits per heavy atom. The number of hydrogen-bond donors (Lipinski definition) is 1. The normalized spacial score (nSPS) is 16.5. The van der Waals surface area contributed by atoms with Crippen molar-refractivity contribution in [2.75, 3.05) is 18.9 Å². The van der Waals surface area contributed by atoms with Crippen LogP contribution >= 0.6 is 0 Å². The average molecular weight is 282 g/mol. The summed E-state index contributed by atoms with van der Waals surface area (Å²) in [5.74, 6) is 0.285. The molecule has 0 bridgehead atoms. The van der Waals surface area contributed by atoms with Crippen molar-refractivity contribution in [2.24, 2.45) is 5.92 Å². The van der Waals surface area contributed by atoms with Gasteiger partial charge in [0.15, 0.2) is 0 Å². The third-order valence-electron chi connectivity index (χ3n) is 4.01. The predicted octanol–water partition coefficient (Wildman–Crippen LogP) is 2.32. The van der Waals surface area contributed by atoms with E-state index in [0.717, 1.165) is 18.7 Å². The first-order valence-corrected chi connectivity index (χ1v) is 8.13. The number of anilines is 1. The Bertz CT molecular complexity index is 567. The van der Waals surface area contributed by atoms with Crippen molar-refractivity contribution >= 4 is 15.7 Å². The quantitative estimate of drug-likeness (QED) is 0.922. The molecule has 0 aliphatic carbocycles. The third-order valence-corrected chi connectivity index (χ3v) is 5.95. The van der Waals surface area contributed by atoms with Gasteiger partial charge in [0.25, 0.3) is 0 Å². The van der Waals surface area contributed by atoms with Crippen LogP contribution in [0.2, 0.25) is 0 Å². The van der Waals surface area contributed by atoms with Gasteiger partial charge in [-0.15, -0.1) is 0 Å². The topological polar surface area (TPSA) is 49.4 Å². The second-order valence-electron chi connectivity index (χ2n) is 5.50. The van der Waals surface area contributed by atoms with E-state index < -0.39 is 10.0 Å². The van der Waals surface area contributed by atoms with Crippen LogP contribution in [-0.2, 0) is 16.4 Å². The third kappa shape index (κ3) is 2.62. The molecule has 1 atom stereocenters. The molecule has 1 unspecified atom stereocenters. The van der Waals surface area contributed by atoms with E-state index in [1.807, 2.05) is 26.8 Å². The molecule has 0 aromatic heterocycles. The Kier molecular flexibility index (Phi) is 3.87. The molecule has 2 rings (SSSR count). The van der Waals surface area contributed by atoms with Gasteiger partial charge in [-0.25, -0.2) is 8.42 Å². The van der Waals surface area contributed by atoms with Crippen LogP contribution in [0.1, 0.15) is 26.3 Å². The first-order chi connectivity index (χ1) is 8.84. The molecule has 1 aromatic carbocycles. The molecule has 0 amide bonds. The zero-order chi connectivity index (χ0) is 14.2. The summed E-state index contributed by atoms with van der Waals surface area (Å²) in [5, 5.41) is 3.22. The van der Waals surface area contributed by atoms with Gasteiger partial charge in [0, 0.05) is 25.3 Å². The summed E-state index contributed by atoms with van der Waals surface area (Å²) in [4.78, 5) is 0.371. The zero-order valence-corrected chi connectivity index (χ0v) is 12.8. The minimum absolute atomic E-state index is 0.0220. The zero-order valence-electron chi connectivity index (χ0n) is 12.0. The summed E-state index contributed by atoms with van der Waals surface area (Å²) >= 11 is 0. The van der Waals surface area contributed by atoms with E-state index in [-0.39, 0.29) is 12.0 Å². The predicted molar refractivity (Wildman–Crippen MR) is 77.9 cm³/mol. The van der Waals surface area contributed by atoms with Gasteiger partial charge in [0.2, 0.25) is 10.0 Å². The van der Waals surface area contributed by atoms with Gasteiger partial charge in [-0.2, -0.15) is 4.31 Å². The second-order valence-corrected chi connectivity index (χ2v) is 7.50. The summed E-state index contributed by atoms with van der Waals surface area (Å²) in [6, 6.07) is 5.35. The standard InChI is InChI=1S/C14H22N2O2S/c1-10(2)11(3)16(4)19(17,18)13-6-5-12-7-8-15-14(12)9-13/h5-6,9-11,15H,7-8H2,1-4H3. The van der Waals surface area contributed by atoms with Crippen LogP contribution in [0.4, 0.5) is 5.69 Å². The Hall–Kier alpha value is -1.07. The van der Waals surface area contributed by atoms with Crippen molar-refractivity contribution in [1.29, 1.82) is 0 Å². The maximum absolute atomic E-state index is 12.6. The van der Waals surface area contributed by atoms with Gasteiger partial charge in [-0.1, -0.05) is 19.9 Å². The number of rotatable bonds is 4. The molecule has 1 aliphatic rings. The van der Waals surface area contributed by atoms with E-state index in [1.165, 1.54) is 9.87 Å². The van der Waals surface area contributed by atoms with E-state index in [1.54, 1.807) is 19.2 Å². The minimum Gasteiger partial charge on any atom is -0.384 e. The highest BCUT2D eigenvalue weighted by atomic mass is 32.2. The Morgan fingerprint density at radius 3 is 2.58 bits per heavy atom. The highest BCUT2D eigenvalue weighted by Crippen LogP contribution is 2.27. The van der Waals surface area contributed by atoms with Gasteiger partial charge in [-0.3, -0.25) is 0 Å². The minimum atomic E-state index is -3.41. The lowest BCUT2D eigenvalue weighted by molar-refractivity contribution is 0.316. The molecule has 0 radical (unpaired) electrons. The van der Waals surface area contributed by atoms with Gasteiger partial charge in [0.05, 0.1) is 4.90 Å². The van der Waals surface area contributed by atoms with Crippen LogP contribution < -0.4 is 5.32 Å². The lowest BCUT2D eigenvalue weighted by Gasteiger charge is -2.27. The molecule has 1 aromatic rings. The fourth-order valence-electron chi connectivity index (χ4n) is 2.24. The Morgan fingerprint density at radius 2 is 1.95 bits per heavy atom.